The molecule has 5 atom stereocenters. The lowest BCUT2D eigenvalue weighted by Gasteiger charge is -2.63. The molecular weight excluding hydrogens is 284 g/mol. The molecule has 0 radical (unpaired) electrons. The highest BCUT2D eigenvalue weighted by atomic mass is 16.3. The number of phenolic OH excluding ortho intramolecular Hbond substituents is 1. The highest BCUT2D eigenvalue weighted by Crippen LogP contribution is 2.75. The van der Waals surface area contributed by atoms with Gasteiger partial charge in [-0.25, -0.2) is 0 Å². The molecule has 1 aromatic rings. The Morgan fingerprint density at radius 2 is 1.91 bits per heavy atom. The van der Waals surface area contributed by atoms with E-state index in [1.165, 1.54) is 49.7 Å². The van der Waals surface area contributed by atoms with Crippen LogP contribution in [0.4, 0.5) is 0 Å². The molecule has 5 rings (SSSR count). The van der Waals surface area contributed by atoms with Gasteiger partial charge in [0.15, 0.2) is 0 Å². The summed E-state index contributed by atoms with van der Waals surface area (Å²) in [6.45, 7) is 2.42. The smallest absolute Gasteiger partial charge is 0.115 e. The average Bonchev–Trinajstić information content (AvgIpc) is 2.66. The Bertz CT molecular complexity index is 668. The number of hydrogen-bond donors (Lipinski definition) is 2. The minimum Gasteiger partial charge on any atom is -0.508 e. The molecule has 2 heteroatoms. The molecule has 0 saturated heterocycles. The van der Waals surface area contributed by atoms with Crippen molar-refractivity contribution >= 4 is 0 Å². The number of aliphatic hydroxyl groups is 1. The first kappa shape index (κ1) is 14.3. The molecule has 2 bridgehead atoms. The van der Waals surface area contributed by atoms with E-state index < -0.39 is 5.60 Å². The number of fused-ring (bicyclic) bond motifs is 3. The van der Waals surface area contributed by atoms with Crippen LogP contribution in [0.15, 0.2) is 18.2 Å². The van der Waals surface area contributed by atoms with Crippen LogP contribution in [0.25, 0.3) is 0 Å². The summed E-state index contributed by atoms with van der Waals surface area (Å²) in [6.07, 6.45) is 10.5. The van der Waals surface area contributed by atoms with Gasteiger partial charge in [0.25, 0.3) is 0 Å². The minimum absolute atomic E-state index is 0.133. The number of aromatic hydroxyl groups is 1. The molecule has 0 amide bonds. The molecule has 1 aromatic carbocycles. The van der Waals surface area contributed by atoms with Crippen LogP contribution in [-0.2, 0) is 6.42 Å². The first-order valence-electron chi connectivity index (χ1n) is 9.53. The first-order chi connectivity index (χ1) is 11.0. The van der Waals surface area contributed by atoms with E-state index in [1.54, 1.807) is 0 Å². The average molecular weight is 312 g/mol. The van der Waals surface area contributed by atoms with Gasteiger partial charge in [-0.1, -0.05) is 13.0 Å². The summed E-state index contributed by atoms with van der Waals surface area (Å²) in [6, 6.07) is 6.05. The predicted octanol–water partition coefficient (Wildman–Crippen LogP) is 4.53. The van der Waals surface area contributed by atoms with Crippen molar-refractivity contribution in [1.29, 1.82) is 0 Å². The van der Waals surface area contributed by atoms with Crippen molar-refractivity contribution in [1.82, 2.24) is 0 Å². The molecule has 3 saturated carbocycles. The number of benzene rings is 1. The Balaban J connectivity index is 1.62. The standard InChI is InChI=1S/C21H28O2/c1-19-10-7-17-16-5-4-15(22)13-14(16)3-6-18(17)20(19)8-2-9-21(19,23)12-11-20/h4-5,13,17-18,22-23H,2-3,6-12H2,1H3/t17-,18-,19+,20+,21+/m1/s1. The van der Waals surface area contributed by atoms with Crippen LogP contribution in [0.2, 0.25) is 0 Å². The van der Waals surface area contributed by atoms with Gasteiger partial charge in [0.2, 0.25) is 0 Å². The van der Waals surface area contributed by atoms with Crippen molar-refractivity contribution in [3.8, 4) is 5.75 Å². The summed E-state index contributed by atoms with van der Waals surface area (Å²) in [5.41, 5.74) is 2.96. The van der Waals surface area contributed by atoms with Crippen molar-refractivity contribution in [2.75, 3.05) is 0 Å². The Labute approximate surface area is 138 Å². The van der Waals surface area contributed by atoms with E-state index in [4.69, 9.17) is 0 Å². The van der Waals surface area contributed by atoms with E-state index in [2.05, 4.69) is 13.0 Å². The van der Waals surface area contributed by atoms with E-state index in [-0.39, 0.29) is 5.41 Å². The second-order valence-corrected chi connectivity index (χ2v) is 9.05. The summed E-state index contributed by atoms with van der Waals surface area (Å²) in [5, 5.41) is 21.2. The number of aryl methyl sites for hydroxylation is 1. The van der Waals surface area contributed by atoms with E-state index in [0.29, 0.717) is 17.1 Å². The Kier molecular flexibility index (Phi) is 2.70. The van der Waals surface area contributed by atoms with Crippen molar-refractivity contribution in [3.05, 3.63) is 29.3 Å². The van der Waals surface area contributed by atoms with Gasteiger partial charge in [0.1, 0.15) is 5.75 Å². The molecule has 4 aliphatic rings. The molecule has 23 heavy (non-hydrogen) atoms. The van der Waals surface area contributed by atoms with E-state index >= 15 is 0 Å². The minimum atomic E-state index is -0.397. The van der Waals surface area contributed by atoms with Gasteiger partial charge < -0.3 is 10.2 Å². The van der Waals surface area contributed by atoms with Crippen LogP contribution in [0.3, 0.4) is 0 Å². The summed E-state index contributed by atoms with van der Waals surface area (Å²) >= 11 is 0. The van der Waals surface area contributed by atoms with Crippen molar-refractivity contribution in [3.63, 3.8) is 0 Å². The lowest BCUT2D eigenvalue weighted by molar-refractivity contribution is -0.177. The molecule has 0 aliphatic heterocycles. The van der Waals surface area contributed by atoms with E-state index in [1.807, 2.05) is 12.1 Å². The molecule has 0 spiro atoms. The van der Waals surface area contributed by atoms with Crippen LogP contribution in [0, 0.1) is 16.7 Å². The molecule has 0 aromatic heterocycles. The van der Waals surface area contributed by atoms with Crippen LogP contribution < -0.4 is 0 Å². The van der Waals surface area contributed by atoms with Gasteiger partial charge in [-0.2, -0.15) is 0 Å². The summed E-state index contributed by atoms with van der Waals surface area (Å²) < 4.78 is 0. The quantitative estimate of drug-likeness (QED) is 0.738. The maximum atomic E-state index is 11.4. The van der Waals surface area contributed by atoms with Crippen LogP contribution in [-0.4, -0.2) is 15.8 Å². The van der Waals surface area contributed by atoms with Gasteiger partial charge in [0.05, 0.1) is 5.60 Å². The van der Waals surface area contributed by atoms with Crippen LogP contribution in [0.1, 0.15) is 75.3 Å². The number of rotatable bonds is 0. The molecular formula is C21H28O2. The van der Waals surface area contributed by atoms with Gasteiger partial charge >= 0.3 is 0 Å². The van der Waals surface area contributed by atoms with Gasteiger partial charge in [-0.15, -0.1) is 0 Å². The second kappa shape index (κ2) is 4.33. The lowest BCUT2D eigenvalue weighted by Crippen LogP contribution is -2.59. The Morgan fingerprint density at radius 3 is 2.78 bits per heavy atom. The normalized spacial score (nSPS) is 47.6. The van der Waals surface area contributed by atoms with E-state index in [0.717, 1.165) is 25.2 Å². The zero-order valence-electron chi connectivity index (χ0n) is 14.1. The van der Waals surface area contributed by atoms with E-state index in [9.17, 15) is 10.2 Å². The largest absolute Gasteiger partial charge is 0.508 e. The monoisotopic (exact) mass is 312 g/mol. The maximum Gasteiger partial charge on any atom is 0.115 e. The molecule has 2 N–H and O–H groups in total. The van der Waals surface area contributed by atoms with Gasteiger partial charge in [-0.05, 0) is 98.3 Å². The Hall–Kier alpha value is -1.02. The summed E-state index contributed by atoms with van der Waals surface area (Å²) in [5.74, 6) is 1.79. The van der Waals surface area contributed by atoms with Crippen molar-refractivity contribution < 1.29 is 10.2 Å². The predicted molar refractivity (Wildman–Crippen MR) is 90.5 cm³/mol. The fraction of sp³-hybridized carbons (Fsp3) is 0.714. The molecule has 4 aliphatic carbocycles. The number of phenols is 1. The highest BCUT2D eigenvalue weighted by Gasteiger charge is 2.70. The van der Waals surface area contributed by atoms with Gasteiger partial charge in [-0.3, -0.25) is 0 Å². The third-order valence-electron chi connectivity index (χ3n) is 8.73. The molecule has 0 unspecified atom stereocenters. The molecule has 124 valence electrons. The topological polar surface area (TPSA) is 40.5 Å². The fourth-order valence-corrected chi connectivity index (χ4v) is 7.57. The maximum absolute atomic E-state index is 11.4. The highest BCUT2D eigenvalue weighted by molar-refractivity contribution is 5.41. The Morgan fingerprint density at radius 1 is 1.04 bits per heavy atom. The van der Waals surface area contributed by atoms with Crippen LogP contribution >= 0.6 is 0 Å². The lowest BCUT2D eigenvalue weighted by atomic mass is 9.42. The summed E-state index contributed by atoms with van der Waals surface area (Å²) in [4.78, 5) is 0. The first-order valence-corrected chi connectivity index (χ1v) is 9.53. The third-order valence-corrected chi connectivity index (χ3v) is 8.73. The molecule has 3 fully saturated rings. The molecule has 2 nitrogen and oxygen atoms in total. The zero-order chi connectivity index (χ0) is 15.9. The number of hydrogen-bond acceptors (Lipinski definition) is 2. The van der Waals surface area contributed by atoms with Gasteiger partial charge in [0, 0.05) is 5.41 Å². The molecule has 0 heterocycles. The fourth-order valence-electron chi connectivity index (χ4n) is 7.57. The second-order valence-electron chi connectivity index (χ2n) is 9.05. The summed E-state index contributed by atoms with van der Waals surface area (Å²) in [7, 11) is 0. The SMILES string of the molecule is C[C@]12CC[C@@H]3c4ccc(O)cc4CC[C@H]3[C@@]13CCC[C@]2(O)CC3. The van der Waals surface area contributed by atoms with Crippen molar-refractivity contribution in [2.45, 2.75) is 76.2 Å². The van der Waals surface area contributed by atoms with Crippen LogP contribution in [0.5, 0.6) is 5.75 Å². The zero-order valence-corrected chi connectivity index (χ0v) is 14.1. The third kappa shape index (κ3) is 1.54. The van der Waals surface area contributed by atoms with Crippen molar-refractivity contribution in [2.24, 2.45) is 16.7 Å².